The van der Waals surface area contributed by atoms with Crippen molar-refractivity contribution in [2.75, 3.05) is 6.61 Å². The number of hydrogen-bond donors (Lipinski definition) is 2. The summed E-state index contributed by atoms with van der Waals surface area (Å²) in [6.45, 7) is -0.686. The Bertz CT molecular complexity index is 880. The second-order valence-electron chi connectivity index (χ2n) is 5.18. The lowest BCUT2D eigenvalue weighted by Crippen LogP contribution is -2.23. The number of rotatable bonds is 7. The molecule has 0 unspecified atom stereocenters. The third-order valence-corrected chi connectivity index (χ3v) is 4.64. The van der Waals surface area contributed by atoms with Gasteiger partial charge in [0, 0.05) is 6.54 Å². The molecule has 0 aliphatic heterocycles. The Morgan fingerprint density at radius 3 is 2.35 bits per heavy atom. The average molecular weight is 389 g/mol. The van der Waals surface area contributed by atoms with E-state index in [0.29, 0.717) is 17.7 Å². The van der Waals surface area contributed by atoms with Crippen molar-refractivity contribution in [1.82, 2.24) is 4.72 Å². The van der Waals surface area contributed by atoms with Crippen LogP contribution in [0.25, 0.3) is 0 Å². The number of halogens is 3. The van der Waals surface area contributed by atoms with E-state index in [9.17, 15) is 26.4 Å². The van der Waals surface area contributed by atoms with E-state index in [2.05, 4.69) is 4.72 Å². The number of carbonyl (C=O) groups is 1. The Labute approximate surface area is 147 Å². The predicted octanol–water partition coefficient (Wildman–Crippen LogP) is 2.65. The maximum absolute atomic E-state index is 12.5. The Morgan fingerprint density at radius 2 is 1.77 bits per heavy atom. The molecule has 2 N–H and O–H groups in total. The van der Waals surface area contributed by atoms with Crippen molar-refractivity contribution in [3.63, 3.8) is 0 Å². The number of hydrogen-bond acceptors (Lipinski definition) is 4. The second kappa shape index (κ2) is 7.75. The first kappa shape index (κ1) is 19.7. The molecule has 10 heteroatoms. The van der Waals surface area contributed by atoms with E-state index in [1.54, 1.807) is 12.1 Å². The summed E-state index contributed by atoms with van der Waals surface area (Å²) in [4.78, 5) is 10.2. The first-order chi connectivity index (χ1) is 12.1. The third-order valence-electron chi connectivity index (χ3n) is 3.22. The Hall–Kier alpha value is -2.59. The topological polar surface area (TPSA) is 92.7 Å². The summed E-state index contributed by atoms with van der Waals surface area (Å²) in [5, 5.41) is 8.56. The number of ether oxygens (including phenoxy) is 1. The van der Waals surface area contributed by atoms with Crippen LogP contribution in [0, 0.1) is 0 Å². The summed E-state index contributed by atoms with van der Waals surface area (Å²) in [5.41, 5.74) is -0.455. The van der Waals surface area contributed by atoms with Crippen molar-refractivity contribution in [3.05, 3.63) is 59.7 Å². The van der Waals surface area contributed by atoms with Crippen molar-refractivity contribution in [2.24, 2.45) is 0 Å². The summed E-state index contributed by atoms with van der Waals surface area (Å²) in [5.74, 6) is -0.906. The quantitative estimate of drug-likeness (QED) is 0.760. The minimum atomic E-state index is -4.55. The molecular weight excluding hydrogens is 375 g/mol. The van der Waals surface area contributed by atoms with Crippen molar-refractivity contribution in [3.8, 4) is 5.75 Å². The molecule has 0 saturated carbocycles. The highest BCUT2D eigenvalue weighted by Gasteiger charge is 2.30. The van der Waals surface area contributed by atoms with Crippen molar-refractivity contribution < 1.29 is 36.2 Å². The fourth-order valence-corrected chi connectivity index (χ4v) is 2.99. The van der Waals surface area contributed by atoms with E-state index in [1.165, 1.54) is 12.1 Å². The van der Waals surface area contributed by atoms with Gasteiger partial charge in [-0.2, -0.15) is 13.2 Å². The van der Waals surface area contributed by atoms with Crippen LogP contribution >= 0.6 is 0 Å². The molecule has 0 saturated heterocycles. The number of aliphatic carboxylic acids is 1. The van der Waals surface area contributed by atoms with Crippen LogP contribution in [0.3, 0.4) is 0 Å². The monoisotopic (exact) mass is 389 g/mol. The summed E-state index contributed by atoms with van der Waals surface area (Å²) in [6.07, 6.45) is -4.55. The highest BCUT2D eigenvalue weighted by Crippen LogP contribution is 2.29. The molecule has 140 valence electrons. The van der Waals surface area contributed by atoms with Gasteiger partial charge in [0.2, 0.25) is 10.0 Å². The number of benzene rings is 2. The molecule has 0 atom stereocenters. The molecule has 0 aliphatic carbocycles. The molecule has 0 radical (unpaired) electrons. The molecule has 0 aliphatic rings. The largest absolute Gasteiger partial charge is 0.482 e. The number of alkyl halides is 3. The van der Waals surface area contributed by atoms with Crippen LogP contribution in [0.15, 0.2) is 53.4 Å². The van der Waals surface area contributed by atoms with E-state index in [0.717, 1.165) is 12.1 Å². The van der Waals surface area contributed by atoms with Gasteiger partial charge >= 0.3 is 12.1 Å². The van der Waals surface area contributed by atoms with Gasteiger partial charge in [-0.25, -0.2) is 17.9 Å². The first-order valence-corrected chi connectivity index (χ1v) is 8.67. The third kappa shape index (κ3) is 5.46. The van der Waals surface area contributed by atoms with Gasteiger partial charge in [0.25, 0.3) is 0 Å². The average Bonchev–Trinajstić information content (AvgIpc) is 2.58. The zero-order valence-electron chi connectivity index (χ0n) is 13.2. The molecule has 2 aromatic carbocycles. The predicted molar refractivity (Wildman–Crippen MR) is 85.0 cm³/mol. The molecular formula is C16H14F3NO5S. The second-order valence-corrected chi connectivity index (χ2v) is 6.94. The van der Waals surface area contributed by atoms with Crippen LogP contribution in [0.5, 0.6) is 5.75 Å². The number of nitrogens with one attached hydrogen (secondary N) is 1. The van der Waals surface area contributed by atoms with E-state index in [1.807, 2.05) is 0 Å². The van der Waals surface area contributed by atoms with Gasteiger partial charge in [0.05, 0.1) is 10.5 Å². The van der Waals surface area contributed by atoms with Crippen LogP contribution in [0.2, 0.25) is 0 Å². The van der Waals surface area contributed by atoms with Crippen LogP contribution < -0.4 is 9.46 Å². The molecule has 0 spiro atoms. The number of carboxylic acids is 1. The van der Waals surface area contributed by atoms with E-state index < -0.39 is 34.3 Å². The SMILES string of the molecule is O=C(O)COc1cccc(CNS(=O)(=O)c2ccc(C(F)(F)F)cc2)c1. The molecule has 26 heavy (non-hydrogen) atoms. The van der Waals surface area contributed by atoms with Gasteiger partial charge in [-0.1, -0.05) is 12.1 Å². The fourth-order valence-electron chi connectivity index (χ4n) is 1.98. The molecule has 0 heterocycles. The normalized spacial score (nSPS) is 12.0. The minimum Gasteiger partial charge on any atom is -0.482 e. The van der Waals surface area contributed by atoms with Crippen molar-refractivity contribution >= 4 is 16.0 Å². The lowest BCUT2D eigenvalue weighted by atomic mass is 10.2. The van der Waals surface area contributed by atoms with E-state index in [-0.39, 0.29) is 17.2 Å². The summed E-state index contributed by atoms with van der Waals surface area (Å²) in [7, 11) is -4.01. The van der Waals surface area contributed by atoms with Gasteiger partial charge in [0.15, 0.2) is 6.61 Å². The maximum Gasteiger partial charge on any atom is 0.416 e. The lowest BCUT2D eigenvalue weighted by Gasteiger charge is -2.10. The smallest absolute Gasteiger partial charge is 0.416 e. The Morgan fingerprint density at radius 1 is 1.12 bits per heavy atom. The lowest BCUT2D eigenvalue weighted by molar-refractivity contribution is -0.139. The van der Waals surface area contributed by atoms with Gasteiger partial charge in [-0.3, -0.25) is 0 Å². The summed E-state index contributed by atoms with van der Waals surface area (Å²) in [6, 6.07) is 9.23. The summed E-state index contributed by atoms with van der Waals surface area (Å²) < 4.78 is 69.1. The van der Waals surface area contributed by atoms with Gasteiger partial charge in [-0.05, 0) is 42.0 Å². The Balaban J connectivity index is 2.06. The zero-order valence-corrected chi connectivity index (χ0v) is 14.0. The van der Waals surface area contributed by atoms with Crippen molar-refractivity contribution in [2.45, 2.75) is 17.6 Å². The minimum absolute atomic E-state index is 0.145. The number of carboxylic acid groups (broad SMARTS) is 1. The van der Waals surface area contributed by atoms with Gasteiger partial charge in [-0.15, -0.1) is 0 Å². The van der Waals surface area contributed by atoms with E-state index in [4.69, 9.17) is 9.84 Å². The Kier molecular flexibility index (Phi) is 5.88. The summed E-state index contributed by atoms with van der Waals surface area (Å²) >= 11 is 0. The molecule has 0 aromatic heterocycles. The molecule has 2 aromatic rings. The highest BCUT2D eigenvalue weighted by molar-refractivity contribution is 7.89. The van der Waals surface area contributed by atoms with Gasteiger partial charge in [0.1, 0.15) is 5.75 Å². The van der Waals surface area contributed by atoms with Gasteiger partial charge < -0.3 is 9.84 Å². The molecule has 0 amide bonds. The standard InChI is InChI=1S/C16H14F3NO5S/c17-16(18,19)12-4-6-14(7-5-12)26(23,24)20-9-11-2-1-3-13(8-11)25-10-15(21)22/h1-8,20H,9-10H2,(H,21,22). The molecule has 0 bridgehead atoms. The molecule has 6 nitrogen and oxygen atoms in total. The fraction of sp³-hybridized carbons (Fsp3) is 0.188. The maximum atomic E-state index is 12.5. The molecule has 2 rings (SSSR count). The highest BCUT2D eigenvalue weighted by atomic mass is 32.2. The molecule has 0 fully saturated rings. The van der Waals surface area contributed by atoms with Crippen LogP contribution in [-0.2, 0) is 27.5 Å². The zero-order chi connectivity index (χ0) is 19.4. The number of sulfonamides is 1. The first-order valence-electron chi connectivity index (χ1n) is 7.18. The van der Waals surface area contributed by atoms with Crippen LogP contribution in [0.1, 0.15) is 11.1 Å². The van der Waals surface area contributed by atoms with Crippen LogP contribution in [-0.4, -0.2) is 26.1 Å². The van der Waals surface area contributed by atoms with E-state index >= 15 is 0 Å². The van der Waals surface area contributed by atoms with Crippen molar-refractivity contribution in [1.29, 1.82) is 0 Å². The van der Waals surface area contributed by atoms with Crippen LogP contribution in [0.4, 0.5) is 13.2 Å².